The van der Waals surface area contributed by atoms with Crippen molar-refractivity contribution in [3.05, 3.63) is 23.2 Å². The number of benzene rings is 1. The van der Waals surface area contributed by atoms with E-state index in [0.29, 0.717) is 17.3 Å². The van der Waals surface area contributed by atoms with Gasteiger partial charge in [-0.15, -0.1) is 0 Å². The van der Waals surface area contributed by atoms with Crippen LogP contribution in [0.25, 0.3) is 0 Å². The molecule has 19 heavy (non-hydrogen) atoms. The average molecular weight is 284 g/mol. The lowest BCUT2D eigenvalue weighted by Crippen LogP contribution is -2.29. The Morgan fingerprint density at radius 3 is 2.63 bits per heavy atom. The topological polar surface area (TPSA) is 58.4 Å². The van der Waals surface area contributed by atoms with E-state index in [0.717, 1.165) is 18.5 Å². The molecule has 0 saturated heterocycles. The average Bonchev–Trinajstić information content (AvgIpc) is 2.35. The van der Waals surface area contributed by atoms with E-state index in [-0.39, 0.29) is 11.8 Å². The zero-order valence-electron chi connectivity index (χ0n) is 11.7. The molecule has 0 aliphatic carbocycles. The number of rotatable bonds is 6. The van der Waals surface area contributed by atoms with E-state index in [1.807, 2.05) is 38.1 Å². The van der Waals surface area contributed by atoms with E-state index >= 15 is 0 Å². The number of nitrogens with two attached hydrogens (primary N) is 1. The summed E-state index contributed by atoms with van der Waals surface area (Å²) in [5, 5.41) is 3.48. The molecule has 0 saturated carbocycles. The van der Waals surface area contributed by atoms with Gasteiger partial charge in [0.25, 0.3) is 0 Å². The number of hydrogen-bond donors (Lipinski definition) is 2. The number of hydrogen-bond acceptors (Lipinski definition) is 3. The minimum Gasteiger partial charge on any atom is -0.376 e. The van der Waals surface area contributed by atoms with Gasteiger partial charge in [-0.1, -0.05) is 24.9 Å². The maximum atomic E-state index is 12.0. The normalized spacial score (nSPS) is 12.1. The molecule has 1 rings (SSSR count). The van der Waals surface area contributed by atoms with Crippen LogP contribution in [0.5, 0.6) is 0 Å². The summed E-state index contributed by atoms with van der Waals surface area (Å²) in [4.78, 5) is 13.9. The first kappa shape index (κ1) is 15.8. The van der Waals surface area contributed by atoms with Crippen molar-refractivity contribution < 1.29 is 4.79 Å². The number of nitrogens with one attached hydrogen (secondary N) is 1. The molecule has 106 valence electrons. The highest BCUT2D eigenvalue weighted by molar-refractivity contribution is 6.33. The van der Waals surface area contributed by atoms with Gasteiger partial charge in [0.2, 0.25) is 5.91 Å². The Bertz CT molecular complexity index is 435. The second kappa shape index (κ2) is 7.36. The molecule has 0 radical (unpaired) electrons. The standard InChI is InChI=1S/C14H22ClN3O/c1-4-5-10(9-16)14(19)17-11-6-7-13(18(2)3)12(15)8-11/h6-8,10H,4-5,9,16H2,1-3H3,(H,17,19). The number of amides is 1. The molecule has 0 fully saturated rings. The molecule has 0 spiro atoms. The van der Waals surface area contributed by atoms with Crippen LogP contribution in [-0.4, -0.2) is 26.5 Å². The Balaban J connectivity index is 2.77. The molecule has 0 aliphatic heterocycles. The van der Waals surface area contributed by atoms with Crippen molar-refractivity contribution in [2.75, 3.05) is 30.9 Å². The van der Waals surface area contributed by atoms with E-state index in [1.165, 1.54) is 0 Å². The first-order chi connectivity index (χ1) is 8.99. The van der Waals surface area contributed by atoms with E-state index in [2.05, 4.69) is 5.32 Å². The van der Waals surface area contributed by atoms with Gasteiger partial charge in [0.15, 0.2) is 0 Å². The van der Waals surface area contributed by atoms with Crippen molar-refractivity contribution in [2.45, 2.75) is 19.8 Å². The van der Waals surface area contributed by atoms with E-state index < -0.39 is 0 Å². The fourth-order valence-corrected chi connectivity index (χ4v) is 2.25. The van der Waals surface area contributed by atoms with Crippen LogP contribution in [0.2, 0.25) is 5.02 Å². The largest absolute Gasteiger partial charge is 0.376 e. The van der Waals surface area contributed by atoms with Gasteiger partial charge >= 0.3 is 0 Å². The van der Waals surface area contributed by atoms with E-state index in [4.69, 9.17) is 17.3 Å². The quantitative estimate of drug-likeness (QED) is 0.844. The van der Waals surface area contributed by atoms with E-state index in [1.54, 1.807) is 6.07 Å². The second-order valence-corrected chi connectivity index (χ2v) is 5.18. The predicted octanol–water partition coefficient (Wildman–Crippen LogP) is 2.72. The number of carbonyl (C=O) groups is 1. The molecule has 0 aliphatic rings. The van der Waals surface area contributed by atoms with Crippen LogP contribution < -0.4 is 16.0 Å². The Morgan fingerprint density at radius 1 is 1.47 bits per heavy atom. The summed E-state index contributed by atoms with van der Waals surface area (Å²) in [7, 11) is 3.84. The van der Waals surface area contributed by atoms with Crippen LogP contribution in [0.4, 0.5) is 11.4 Å². The molecule has 5 heteroatoms. The molecule has 1 atom stereocenters. The van der Waals surface area contributed by atoms with Crippen LogP contribution in [0.1, 0.15) is 19.8 Å². The van der Waals surface area contributed by atoms with Gasteiger partial charge in [0, 0.05) is 26.3 Å². The maximum absolute atomic E-state index is 12.0. The van der Waals surface area contributed by atoms with Gasteiger partial charge in [-0.25, -0.2) is 0 Å². The lowest BCUT2D eigenvalue weighted by atomic mass is 10.0. The number of nitrogens with zero attached hydrogens (tertiary/aromatic N) is 1. The van der Waals surface area contributed by atoms with Crippen molar-refractivity contribution in [1.82, 2.24) is 0 Å². The van der Waals surface area contributed by atoms with Gasteiger partial charge in [-0.3, -0.25) is 4.79 Å². The predicted molar refractivity (Wildman–Crippen MR) is 81.9 cm³/mol. The highest BCUT2D eigenvalue weighted by Gasteiger charge is 2.16. The SMILES string of the molecule is CCCC(CN)C(=O)Nc1ccc(N(C)C)c(Cl)c1. The van der Waals surface area contributed by atoms with Crippen LogP contribution in [0.15, 0.2) is 18.2 Å². The third-order valence-electron chi connectivity index (χ3n) is 2.99. The van der Waals surface area contributed by atoms with Gasteiger partial charge in [0.05, 0.1) is 16.6 Å². The first-order valence-corrected chi connectivity index (χ1v) is 6.85. The van der Waals surface area contributed by atoms with Crippen LogP contribution in [0, 0.1) is 5.92 Å². The number of halogens is 1. The van der Waals surface area contributed by atoms with Crippen molar-refractivity contribution in [2.24, 2.45) is 11.7 Å². The highest BCUT2D eigenvalue weighted by atomic mass is 35.5. The Labute approximate surface area is 119 Å². The summed E-state index contributed by atoms with van der Waals surface area (Å²) in [5.41, 5.74) is 7.24. The molecule has 1 aromatic rings. The zero-order valence-corrected chi connectivity index (χ0v) is 12.5. The third kappa shape index (κ3) is 4.40. The molecule has 3 N–H and O–H groups in total. The zero-order chi connectivity index (χ0) is 14.4. The van der Waals surface area contributed by atoms with Gasteiger partial charge < -0.3 is 16.0 Å². The molecule has 1 aromatic carbocycles. The van der Waals surface area contributed by atoms with Crippen LogP contribution >= 0.6 is 11.6 Å². The minimum absolute atomic E-state index is 0.0435. The molecule has 1 unspecified atom stereocenters. The summed E-state index contributed by atoms with van der Waals surface area (Å²) in [6.45, 7) is 2.40. The smallest absolute Gasteiger partial charge is 0.228 e. The summed E-state index contributed by atoms with van der Waals surface area (Å²) in [5.74, 6) is -0.185. The highest BCUT2D eigenvalue weighted by Crippen LogP contribution is 2.27. The molecular formula is C14H22ClN3O. The number of carbonyl (C=O) groups excluding carboxylic acids is 1. The monoisotopic (exact) mass is 283 g/mol. The third-order valence-corrected chi connectivity index (χ3v) is 3.29. The fourth-order valence-electron chi connectivity index (χ4n) is 1.90. The Hall–Kier alpha value is -1.26. The van der Waals surface area contributed by atoms with Crippen molar-refractivity contribution in [3.8, 4) is 0 Å². The summed E-state index contributed by atoms with van der Waals surface area (Å²) >= 11 is 6.16. The molecule has 1 amide bonds. The molecular weight excluding hydrogens is 262 g/mol. The Morgan fingerprint density at radius 2 is 2.16 bits per heavy atom. The van der Waals surface area contributed by atoms with Crippen molar-refractivity contribution >= 4 is 28.9 Å². The molecule has 4 nitrogen and oxygen atoms in total. The van der Waals surface area contributed by atoms with Gasteiger partial charge in [0.1, 0.15) is 0 Å². The molecule has 0 heterocycles. The lowest BCUT2D eigenvalue weighted by Gasteiger charge is -2.17. The minimum atomic E-state index is -0.141. The van der Waals surface area contributed by atoms with Crippen LogP contribution in [-0.2, 0) is 4.79 Å². The summed E-state index contributed by atoms with van der Waals surface area (Å²) in [6, 6.07) is 5.49. The maximum Gasteiger partial charge on any atom is 0.228 e. The summed E-state index contributed by atoms with van der Waals surface area (Å²) in [6.07, 6.45) is 1.74. The number of anilines is 2. The fraction of sp³-hybridized carbons (Fsp3) is 0.500. The van der Waals surface area contributed by atoms with Gasteiger partial charge in [-0.05, 0) is 24.6 Å². The molecule has 0 aromatic heterocycles. The second-order valence-electron chi connectivity index (χ2n) is 4.77. The molecule has 0 bridgehead atoms. The first-order valence-electron chi connectivity index (χ1n) is 6.47. The van der Waals surface area contributed by atoms with Gasteiger partial charge in [-0.2, -0.15) is 0 Å². The van der Waals surface area contributed by atoms with Crippen molar-refractivity contribution in [1.29, 1.82) is 0 Å². The Kier molecular flexibility index (Phi) is 6.12. The lowest BCUT2D eigenvalue weighted by molar-refractivity contribution is -0.119. The van der Waals surface area contributed by atoms with E-state index in [9.17, 15) is 4.79 Å². The van der Waals surface area contributed by atoms with Crippen molar-refractivity contribution in [3.63, 3.8) is 0 Å². The van der Waals surface area contributed by atoms with Crippen LogP contribution in [0.3, 0.4) is 0 Å². The summed E-state index contributed by atoms with van der Waals surface area (Å²) < 4.78 is 0.